The van der Waals surface area contributed by atoms with Gasteiger partial charge in [-0.25, -0.2) is 13.1 Å². The van der Waals surface area contributed by atoms with Gasteiger partial charge in [-0.3, -0.25) is 19.0 Å². The Balaban J connectivity index is 1.44. The number of para-hydroxylation sites is 1. The molecule has 214 valence electrons. The topological polar surface area (TPSA) is 93.4 Å². The summed E-state index contributed by atoms with van der Waals surface area (Å²) in [6.45, 7) is 6.26. The quantitative estimate of drug-likeness (QED) is 0.291. The number of nitrogens with zero attached hydrogens (tertiary/aromatic N) is 3. The summed E-state index contributed by atoms with van der Waals surface area (Å²) >= 11 is 12.8. The summed E-state index contributed by atoms with van der Waals surface area (Å²) in [5.41, 5.74) is 3.85. The molecule has 1 fully saturated rings. The number of likely N-dealkylation sites (tertiary alicyclic amines) is 1. The average Bonchev–Trinajstić information content (AvgIpc) is 3.10. The molecular formula is C30H30Cl2N4O4S. The number of rotatable bonds is 7. The second kappa shape index (κ2) is 11.0. The number of benzene rings is 3. The number of anilines is 1. The smallest absolute Gasteiger partial charge is 0.296 e. The van der Waals surface area contributed by atoms with E-state index in [1.54, 1.807) is 47.8 Å². The number of hydrogen-bond acceptors (Lipinski definition) is 4. The average molecular weight is 614 g/mol. The molecule has 3 aromatic carbocycles. The highest BCUT2D eigenvalue weighted by molar-refractivity contribution is 7.92. The van der Waals surface area contributed by atoms with E-state index in [4.69, 9.17) is 23.2 Å². The van der Waals surface area contributed by atoms with Crippen LogP contribution in [-0.2, 0) is 23.5 Å². The van der Waals surface area contributed by atoms with E-state index in [0.29, 0.717) is 24.3 Å². The van der Waals surface area contributed by atoms with Crippen molar-refractivity contribution in [3.05, 3.63) is 109 Å². The molecule has 8 nitrogen and oxygen atoms in total. The fourth-order valence-electron chi connectivity index (χ4n) is 5.18. The third-order valence-corrected chi connectivity index (χ3v) is 9.82. The summed E-state index contributed by atoms with van der Waals surface area (Å²) in [6.07, 6.45) is 1.52. The lowest BCUT2D eigenvalue weighted by Gasteiger charge is -2.41. The Morgan fingerprint density at radius 2 is 1.71 bits per heavy atom. The van der Waals surface area contributed by atoms with Crippen LogP contribution in [0.4, 0.5) is 5.69 Å². The molecule has 1 N–H and O–H groups in total. The van der Waals surface area contributed by atoms with Gasteiger partial charge >= 0.3 is 0 Å². The van der Waals surface area contributed by atoms with Gasteiger partial charge in [-0.15, -0.1) is 0 Å². The Labute approximate surface area is 249 Å². The molecule has 41 heavy (non-hydrogen) atoms. The fraction of sp³-hybridized carbons (Fsp3) is 0.267. The zero-order chi connectivity index (χ0) is 29.6. The van der Waals surface area contributed by atoms with Crippen LogP contribution in [0.1, 0.15) is 39.2 Å². The lowest BCUT2D eigenvalue weighted by Crippen LogP contribution is -2.52. The number of aryl methyl sites for hydroxylation is 2. The molecule has 1 aliphatic rings. The summed E-state index contributed by atoms with van der Waals surface area (Å²) < 4.78 is 32.5. The lowest BCUT2D eigenvalue weighted by molar-refractivity contribution is 0.0464. The zero-order valence-corrected chi connectivity index (χ0v) is 25.4. The van der Waals surface area contributed by atoms with E-state index in [2.05, 4.69) is 29.8 Å². The Morgan fingerprint density at radius 3 is 2.34 bits per heavy atom. The van der Waals surface area contributed by atoms with Crippen LogP contribution >= 0.6 is 23.2 Å². The van der Waals surface area contributed by atoms with Gasteiger partial charge in [0.15, 0.2) is 0 Å². The zero-order valence-electron chi connectivity index (χ0n) is 23.1. The minimum atomic E-state index is -4.37. The van der Waals surface area contributed by atoms with Crippen LogP contribution in [-0.4, -0.2) is 41.2 Å². The number of carbonyl (C=O) groups excluding carboxylic acids is 1. The third-order valence-electron chi connectivity index (χ3n) is 7.69. The van der Waals surface area contributed by atoms with Gasteiger partial charge in [0.2, 0.25) is 0 Å². The molecule has 4 aromatic rings. The normalized spacial score (nSPS) is 15.1. The molecule has 1 saturated heterocycles. The van der Waals surface area contributed by atoms with E-state index in [9.17, 15) is 18.0 Å². The van der Waals surface area contributed by atoms with Crippen LogP contribution in [0.25, 0.3) is 5.69 Å². The first-order valence-corrected chi connectivity index (χ1v) is 15.4. The van der Waals surface area contributed by atoms with Crippen molar-refractivity contribution in [1.82, 2.24) is 14.3 Å². The van der Waals surface area contributed by atoms with Crippen LogP contribution in [0.2, 0.25) is 10.0 Å². The Morgan fingerprint density at radius 1 is 1.00 bits per heavy atom. The van der Waals surface area contributed by atoms with Gasteiger partial charge in [0.05, 0.1) is 27.0 Å². The molecule has 0 saturated carbocycles. The van der Waals surface area contributed by atoms with Crippen molar-refractivity contribution in [2.24, 2.45) is 7.05 Å². The molecule has 1 aliphatic heterocycles. The second-order valence-electron chi connectivity index (χ2n) is 10.4. The van der Waals surface area contributed by atoms with Gasteiger partial charge in [-0.1, -0.05) is 65.2 Å². The number of halogens is 2. The van der Waals surface area contributed by atoms with Crippen LogP contribution in [0.15, 0.2) is 70.4 Å². The molecule has 0 radical (unpaired) electrons. The first kappa shape index (κ1) is 29.0. The van der Waals surface area contributed by atoms with Gasteiger partial charge in [0.25, 0.3) is 21.5 Å². The largest absolute Gasteiger partial charge is 0.335 e. The van der Waals surface area contributed by atoms with Crippen molar-refractivity contribution < 1.29 is 13.2 Å². The standard InChI is InChI=1S/C30H30Cl2N4O4S/c1-18-10-11-21(19(2)14-18)15-23-12-13-35(23)29(37)24-16-27(26(32)17-25(24)31)41(39,40)33-28-20(3)34(4)36(30(28)38)22-8-6-5-7-9-22/h5-11,14,16-17,23,33H,12-13,15H2,1-4H3. The van der Waals surface area contributed by atoms with Crippen LogP contribution in [0.5, 0.6) is 0 Å². The molecule has 1 unspecified atom stereocenters. The summed E-state index contributed by atoms with van der Waals surface area (Å²) in [4.78, 5) is 28.2. The van der Waals surface area contributed by atoms with Crippen molar-refractivity contribution >= 4 is 44.8 Å². The summed E-state index contributed by atoms with van der Waals surface area (Å²) in [7, 11) is -2.71. The molecule has 2 heterocycles. The number of nitrogens with one attached hydrogen (secondary N) is 1. The second-order valence-corrected chi connectivity index (χ2v) is 12.8. The molecule has 0 spiro atoms. The molecule has 1 aromatic heterocycles. The van der Waals surface area contributed by atoms with Crippen LogP contribution in [0.3, 0.4) is 0 Å². The molecular weight excluding hydrogens is 583 g/mol. The van der Waals surface area contributed by atoms with E-state index in [1.165, 1.54) is 22.4 Å². The van der Waals surface area contributed by atoms with Gasteiger partial charge in [0.1, 0.15) is 10.6 Å². The highest BCUT2D eigenvalue weighted by Crippen LogP contribution is 2.33. The molecule has 1 atom stereocenters. The number of carbonyl (C=O) groups is 1. The van der Waals surface area contributed by atoms with Crippen molar-refractivity contribution in [3.63, 3.8) is 0 Å². The Kier molecular flexibility index (Phi) is 7.80. The maximum atomic E-state index is 13.6. The highest BCUT2D eigenvalue weighted by atomic mass is 35.5. The molecule has 0 aliphatic carbocycles. The predicted octanol–water partition coefficient (Wildman–Crippen LogP) is 5.67. The molecule has 5 rings (SSSR count). The van der Waals surface area contributed by atoms with Gasteiger partial charge in [0, 0.05) is 19.6 Å². The van der Waals surface area contributed by atoms with E-state index in [1.807, 2.05) is 13.0 Å². The summed E-state index contributed by atoms with van der Waals surface area (Å²) in [5.74, 6) is -0.369. The maximum Gasteiger partial charge on any atom is 0.296 e. The van der Waals surface area contributed by atoms with Crippen LogP contribution in [0, 0.1) is 20.8 Å². The van der Waals surface area contributed by atoms with E-state index in [-0.39, 0.29) is 38.1 Å². The van der Waals surface area contributed by atoms with E-state index in [0.717, 1.165) is 17.5 Å². The minimum Gasteiger partial charge on any atom is -0.335 e. The predicted molar refractivity (Wildman–Crippen MR) is 162 cm³/mol. The third kappa shape index (κ3) is 5.41. The maximum absolute atomic E-state index is 13.6. The van der Waals surface area contributed by atoms with Crippen molar-refractivity contribution in [1.29, 1.82) is 0 Å². The monoisotopic (exact) mass is 612 g/mol. The minimum absolute atomic E-state index is 0.0303. The Hall–Kier alpha value is -3.53. The number of amides is 1. The van der Waals surface area contributed by atoms with Crippen LogP contribution < -0.4 is 10.3 Å². The van der Waals surface area contributed by atoms with Gasteiger partial charge in [-0.05, 0) is 69.0 Å². The SMILES string of the molecule is Cc1ccc(CC2CCN2C(=O)c2cc(S(=O)(=O)Nc3c(C)n(C)n(-c4ccccc4)c3=O)c(Cl)cc2Cl)c(C)c1. The number of hydrogen-bond donors (Lipinski definition) is 1. The Bertz CT molecular complexity index is 1830. The van der Waals surface area contributed by atoms with E-state index < -0.39 is 15.6 Å². The highest BCUT2D eigenvalue weighted by Gasteiger charge is 2.35. The van der Waals surface area contributed by atoms with Gasteiger partial charge in [-0.2, -0.15) is 0 Å². The lowest BCUT2D eigenvalue weighted by atomic mass is 9.91. The van der Waals surface area contributed by atoms with Crippen molar-refractivity contribution in [2.75, 3.05) is 11.3 Å². The first-order chi connectivity index (χ1) is 19.4. The number of sulfonamides is 1. The molecule has 1 amide bonds. The first-order valence-electron chi connectivity index (χ1n) is 13.1. The fourth-order valence-corrected chi connectivity index (χ4v) is 7.15. The van der Waals surface area contributed by atoms with Gasteiger partial charge < -0.3 is 4.90 Å². The summed E-state index contributed by atoms with van der Waals surface area (Å²) in [5, 5.41) is -0.107. The molecule has 11 heteroatoms. The number of aromatic nitrogens is 2. The van der Waals surface area contributed by atoms with Crippen molar-refractivity contribution in [2.45, 2.75) is 44.6 Å². The van der Waals surface area contributed by atoms with Crippen molar-refractivity contribution in [3.8, 4) is 5.69 Å². The molecule has 0 bridgehead atoms. The summed E-state index contributed by atoms with van der Waals surface area (Å²) in [6, 6.07) is 17.5. The van der Waals surface area contributed by atoms with E-state index >= 15 is 0 Å².